The van der Waals surface area contributed by atoms with Crippen molar-refractivity contribution in [2.45, 2.75) is 44.6 Å². The minimum atomic E-state index is -0.755. The summed E-state index contributed by atoms with van der Waals surface area (Å²) in [7, 11) is 0. The number of aliphatic carboxylic acids is 1. The predicted octanol–water partition coefficient (Wildman–Crippen LogP) is 1.70. The average Bonchev–Trinajstić information content (AvgIpc) is 2.80. The highest BCUT2D eigenvalue weighted by atomic mass is 16.4. The Kier molecular flexibility index (Phi) is 3.47. The molecule has 1 aromatic rings. The van der Waals surface area contributed by atoms with E-state index in [0.29, 0.717) is 19.3 Å². The van der Waals surface area contributed by atoms with Gasteiger partial charge in [-0.15, -0.1) is 0 Å². The highest BCUT2D eigenvalue weighted by molar-refractivity contribution is 5.79. The molecule has 1 fully saturated rings. The minimum absolute atomic E-state index is 0.00298. The first-order valence-electron chi connectivity index (χ1n) is 7.24. The maximum absolute atomic E-state index is 11.9. The second-order valence-corrected chi connectivity index (χ2v) is 5.90. The smallest absolute Gasteiger partial charge is 0.306 e. The molecule has 2 N–H and O–H groups in total. The van der Waals surface area contributed by atoms with Crippen molar-refractivity contribution in [1.29, 1.82) is 0 Å². The van der Waals surface area contributed by atoms with Crippen molar-refractivity contribution in [3.63, 3.8) is 0 Å². The van der Waals surface area contributed by atoms with Crippen LogP contribution in [-0.4, -0.2) is 23.0 Å². The fraction of sp³-hybridized carbons (Fsp3) is 0.500. The van der Waals surface area contributed by atoms with Crippen LogP contribution in [0.15, 0.2) is 18.2 Å². The Hall–Kier alpha value is -1.84. The lowest BCUT2D eigenvalue weighted by atomic mass is 9.80. The molecule has 1 aromatic carbocycles. The van der Waals surface area contributed by atoms with Crippen LogP contribution in [0.3, 0.4) is 0 Å². The molecule has 0 aromatic heterocycles. The van der Waals surface area contributed by atoms with Crippen LogP contribution in [-0.2, 0) is 28.9 Å². The molecular formula is C16H19NO3. The molecule has 0 bridgehead atoms. The largest absolute Gasteiger partial charge is 0.481 e. The molecule has 20 heavy (non-hydrogen) atoms. The van der Waals surface area contributed by atoms with Crippen LogP contribution in [0.25, 0.3) is 0 Å². The maximum atomic E-state index is 11.9. The molecule has 2 aliphatic carbocycles. The van der Waals surface area contributed by atoms with E-state index in [4.69, 9.17) is 5.11 Å². The molecule has 0 aliphatic heterocycles. The first kappa shape index (κ1) is 13.2. The van der Waals surface area contributed by atoms with Gasteiger partial charge in [0, 0.05) is 6.04 Å². The van der Waals surface area contributed by atoms with Crippen molar-refractivity contribution < 1.29 is 14.7 Å². The van der Waals surface area contributed by atoms with Crippen molar-refractivity contribution in [2.24, 2.45) is 5.92 Å². The summed E-state index contributed by atoms with van der Waals surface area (Å²) < 4.78 is 0. The van der Waals surface area contributed by atoms with E-state index < -0.39 is 5.97 Å². The number of hydrogen-bond acceptors (Lipinski definition) is 2. The maximum Gasteiger partial charge on any atom is 0.306 e. The lowest BCUT2D eigenvalue weighted by Crippen LogP contribution is -2.47. The van der Waals surface area contributed by atoms with E-state index in [2.05, 4.69) is 17.4 Å². The topological polar surface area (TPSA) is 66.4 Å². The molecule has 0 saturated heterocycles. The molecule has 1 amide bonds. The molecule has 0 heterocycles. The number of amides is 1. The number of carbonyl (C=O) groups is 2. The number of carbonyl (C=O) groups excluding carboxylic acids is 1. The van der Waals surface area contributed by atoms with Crippen molar-refractivity contribution in [3.8, 4) is 0 Å². The summed E-state index contributed by atoms with van der Waals surface area (Å²) >= 11 is 0. The molecule has 3 rings (SSSR count). The molecule has 1 saturated carbocycles. The summed E-state index contributed by atoms with van der Waals surface area (Å²) in [6.45, 7) is 0. The van der Waals surface area contributed by atoms with Crippen LogP contribution < -0.4 is 5.32 Å². The summed E-state index contributed by atoms with van der Waals surface area (Å²) in [6.07, 6.45) is 5.00. The molecule has 4 nitrogen and oxygen atoms in total. The summed E-state index contributed by atoms with van der Waals surface area (Å²) in [6, 6.07) is 6.35. The molecule has 4 heteroatoms. The van der Waals surface area contributed by atoms with Gasteiger partial charge in [0.2, 0.25) is 5.91 Å². The first-order valence-corrected chi connectivity index (χ1v) is 7.24. The molecule has 0 radical (unpaired) electrons. The Bertz CT molecular complexity index is 547. The van der Waals surface area contributed by atoms with Gasteiger partial charge >= 0.3 is 5.97 Å². The van der Waals surface area contributed by atoms with Gasteiger partial charge in [-0.1, -0.05) is 18.2 Å². The minimum Gasteiger partial charge on any atom is -0.481 e. The van der Waals surface area contributed by atoms with Crippen LogP contribution in [0, 0.1) is 5.92 Å². The number of carboxylic acids is 1. The normalized spacial score (nSPS) is 23.8. The third-order valence-corrected chi connectivity index (χ3v) is 4.38. The van der Waals surface area contributed by atoms with Gasteiger partial charge in [0.1, 0.15) is 0 Å². The number of hydrogen-bond donors (Lipinski definition) is 2. The predicted molar refractivity (Wildman–Crippen MR) is 74.5 cm³/mol. The summed E-state index contributed by atoms with van der Waals surface area (Å²) in [4.78, 5) is 22.6. The molecule has 0 atom stereocenters. The second kappa shape index (κ2) is 5.27. The summed E-state index contributed by atoms with van der Waals surface area (Å²) in [5, 5.41) is 11.7. The Morgan fingerprint density at radius 1 is 1.20 bits per heavy atom. The van der Waals surface area contributed by atoms with Crippen molar-refractivity contribution in [3.05, 3.63) is 34.9 Å². The Morgan fingerprint density at radius 3 is 2.70 bits per heavy atom. The zero-order chi connectivity index (χ0) is 14.1. The zero-order valence-electron chi connectivity index (χ0n) is 11.4. The SMILES string of the molecule is O=C(Cc1ccc2c(c1)CCC2)NC1CC(C(=O)O)C1. The van der Waals surface area contributed by atoms with Crippen LogP contribution in [0.2, 0.25) is 0 Å². The number of fused-ring (bicyclic) bond motifs is 1. The van der Waals surface area contributed by atoms with E-state index >= 15 is 0 Å². The van der Waals surface area contributed by atoms with Crippen molar-refractivity contribution >= 4 is 11.9 Å². The van der Waals surface area contributed by atoms with Gasteiger partial charge in [-0.2, -0.15) is 0 Å². The Balaban J connectivity index is 1.51. The molecule has 0 spiro atoms. The number of rotatable bonds is 4. The van der Waals surface area contributed by atoms with Gasteiger partial charge in [-0.05, 0) is 48.8 Å². The number of benzene rings is 1. The third-order valence-electron chi connectivity index (χ3n) is 4.38. The quantitative estimate of drug-likeness (QED) is 0.877. The van der Waals surface area contributed by atoms with E-state index in [1.54, 1.807) is 0 Å². The monoisotopic (exact) mass is 273 g/mol. The number of carboxylic acid groups (broad SMARTS) is 1. The standard InChI is InChI=1S/C16H19NO3/c18-15(17-14-8-13(9-14)16(19)20)7-10-4-5-11-2-1-3-12(11)6-10/h4-6,13-14H,1-3,7-9H2,(H,17,18)(H,19,20). The zero-order valence-corrected chi connectivity index (χ0v) is 11.4. The average molecular weight is 273 g/mol. The van der Waals surface area contributed by atoms with Crippen molar-refractivity contribution in [2.75, 3.05) is 0 Å². The fourth-order valence-corrected chi connectivity index (χ4v) is 3.14. The lowest BCUT2D eigenvalue weighted by molar-refractivity contribution is -0.146. The van der Waals surface area contributed by atoms with Gasteiger partial charge in [-0.25, -0.2) is 0 Å². The van der Waals surface area contributed by atoms with Gasteiger partial charge in [0.05, 0.1) is 12.3 Å². The van der Waals surface area contributed by atoms with Crippen LogP contribution in [0.5, 0.6) is 0 Å². The summed E-state index contributed by atoms with van der Waals surface area (Å²) in [5.41, 5.74) is 3.85. The van der Waals surface area contributed by atoms with Gasteiger partial charge < -0.3 is 10.4 Å². The molecule has 0 unspecified atom stereocenters. The fourth-order valence-electron chi connectivity index (χ4n) is 3.14. The van der Waals surface area contributed by atoms with E-state index in [-0.39, 0.29) is 17.9 Å². The van der Waals surface area contributed by atoms with Gasteiger partial charge in [0.15, 0.2) is 0 Å². The van der Waals surface area contributed by atoms with Crippen molar-refractivity contribution in [1.82, 2.24) is 5.32 Å². The third kappa shape index (κ3) is 2.69. The number of nitrogens with one attached hydrogen (secondary N) is 1. The van der Waals surface area contributed by atoms with E-state index in [1.165, 1.54) is 17.5 Å². The van der Waals surface area contributed by atoms with E-state index in [1.807, 2.05) is 6.07 Å². The highest BCUT2D eigenvalue weighted by Crippen LogP contribution is 2.27. The Morgan fingerprint density at radius 2 is 1.95 bits per heavy atom. The molecule has 2 aliphatic rings. The molecular weight excluding hydrogens is 254 g/mol. The second-order valence-electron chi connectivity index (χ2n) is 5.90. The van der Waals surface area contributed by atoms with E-state index in [0.717, 1.165) is 18.4 Å². The van der Waals surface area contributed by atoms with Crippen LogP contribution >= 0.6 is 0 Å². The summed E-state index contributed by atoms with van der Waals surface area (Å²) in [5.74, 6) is -1.04. The number of aryl methyl sites for hydroxylation is 2. The first-order chi connectivity index (χ1) is 9.61. The molecule has 106 valence electrons. The Labute approximate surface area is 118 Å². The van der Waals surface area contributed by atoms with Gasteiger partial charge in [0.25, 0.3) is 0 Å². The van der Waals surface area contributed by atoms with Crippen LogP contribution in [0.1, 0.15) is 36.0 Å². The van der Waals surface area contributed by atoms with Gasteiger partial charge in [-0.3, -0.25) is 9.59 Å². The van der Waals surface area contributed by atoms with E-state index in [9.17, 15) is 9.59 Å². The van der Waals surface area contributed by atoms with Crippen LogP contribution in [0.4, 0.5) is 0 Å². The highest BCUT2D eigenvalue weighted by Gasteiger charge is 2.35. The lowest BCUT2D eigenvalue weighted by Gasteiger charge is -2.32.